The average molecular weight is 346 g/mol. The molecule has 2 heterocycles. The SMILES string of the molecule is CCN(Cc1ccccc1)C(=O)c1cc(NCc2ccncc2)ccn1. The summed E-state index contributed by atoms with van der Waals surface area (Å²) in [7, 11) is 0. The lowest BCUT2D eigenvalue weighted by molar-refractivity contribution is 0.0746. The van der Waals surface area contributed by atoms with E-state index in [1.54, 1.807) is 29.6 Å². The standard InChI is InChI=1S/C21H22N4O/c1-2-25(16-18-6-4-3-5-7-18)21(26)20-14-19(10-13-23-20)24-15-17-8-11-22-12-9-17/h3-14H,2,15-16H2,1H3,(H,23,24). The van der Waals surface area contributed by atoms with Gasteiger partial charge in [-0.3, -0.25) is 14.8 Å². The molecule has 0 aliphatic carbocycles. The van der Waals surface area contributed by atoms with Crippen molar-refractivity contribution in [3.05, 3.63) is 90.0 Å². The topological polar surface area (TPSA) is 58.1 Å². The number of anilines is 1. The minimum absolute atomic E-state index is 0.0658. The number of benzene rings is 1. The minimum Gasteiger partial charge on any atom is -0.381 e. The van der Waals surface area contributed by atoms with E-state index >= 15 is 0 Å². The number of nitrogens with one attached hydrogen (secondary N) is 1. The predicted molar refractivity (Wildman–Crippen MR) is 103 cm³/mol. The summed E-state index contributed by atoms with van der Waals surface area (Å²) >= 11 is 0. The molecule has 0 aliphatic rings. The van der Waals surface area contributed by atoms with E-state index in [0.717, 1.165) is 16.8 Å². The van der Waals surface area contributed by atoms with Gasteiger partial charge in [-0.15, -0.1) is 0 Å². The first kappa shape index (κ1) is 17.6. The van der Waals surface area contributed by atoms with Crippen LogP contribution < -0.4 is 5.32 Å². The van der Waals surface area contributed by atoms with Crippen LogP contribution in [0.2, 0.25) is 0 Å². The number of rotatable bonds is 7. The summed E-state index contributed by atoms with van der Waals surface area (Å²) in [5, 5.41) is 3.32. The lowest BCUT2D eigenvalue weighted by Crippen LogP contribution is -2.31. The van der Waals surface area contributed by atoms with Crippen molar-refractivity contribution in [2.24, 2.45) is 0 Å². The second kappa shape index (κ2) is 8.76. The molecule has 1 N–H and O–H groups in total. The van der Waals surface area contributed by atoms with Crippen molar-refractivity contribution in [1.82, 2.24) is 14.9 Å². The van der Waals surface area contributed by atoms with E-state index < -0.39 is 0 Å². The number of hydrogen-bond acceptors (Lipinski definition) is 4. The molecule has 5 nitrogen and oxygen atoms in total. The summed E-state index contributed by atoms with van der Waals surface area (Å²) in [5.74, 6) is -0.0658. The first-order chi connectivity index (χ1) is 12.8. The van der Waals surface area contributed by atoms with Crippen LogP contribution in [0.3, 0.4) is 0 Å². The van der Waals surface area contributed by atoms with E-state index in [9.17, 15) is 4.79 Å². The molecule has 0 atom stereocenters. The van der Waals surface area contributed by atoms with Gasteiger partial charge < -0.3 is 10.2 Å². The summed E-state index contributed by atoms with van der Waals surface area (Å²) < 4.78 is 0. The summed E-state index contributed by atoms with van der Waals surface area (Å²) in [6, 6.07) is 17.6. The van der Waals surface area contributed by atoms with Crippen molar-refractivity contribution in [1.29, 1.82) is 0 Å². The van der Waals surface area contributed by atoms with Crippen LogP contribution in [0.1, 0.15) is 28.5 Å². The zero-order valence-corrected chi connectivity index (χ0v) is 14.8. The predicted octanol–water partition coefficient (Wildman–Crippen LogP) is 3.75. The van der Waals surface area contributed by atoms with Crippen molar-refractivity contribution in [2.45, 2.75) is 20.0 Å². The van der Waals surface area contributed by atoms with E-state index in [0.29, 0.717) is 25.3 Å². The van der Waals surface area contributed by atoms with Crippen LogP contribution in [0.15, 0.2) is 73.2 Å². The van der Waals surface area contributed by atoms with Crippen molar-refractivity contribution in [3.8, 4) is 0 Å². The van der Waals surface area contributed by atoms with Gasteiger partial charge in [0, 0.05) is 43.9 Å². The van der Waals surface area contributed by atoms with Gasteiger partial charge in [-0.2, -0.15) is 0 Å². The van der Waals surface area contributed by atoms with Gasteiger partial charge in [0.05, 0.1) is 0 Å². The molecule has 3 rings (SSSR count). The third-order valence-corrected chi connectivity index (χ3v) is 4.11. The smallest absolute Gasteiger partial charge is 0.272 e. The molecule has 0 aliphatic heterocycles. The molecule has 0 radical (unpaired) electrons. The van der Waals surface area contributed by atoms with Gasteiger partial charge in [-0.05, 0) is 42.3 Å². The third-order valence-electron chi connectivity index (χ3n) is 4.11. The molecule has 1 aromatic carbocycles. The third kappa shape index (κ3) is 4.66. The Balaban J connectivity index is 1.68. The molecule has 0 unspecified atom stereocenters. The highest BCUT2D eigenvalue weighted by Crippen LogP contribution is 2.13. The molecule has 0 spiro atoms. The average Bonchev–Trinajstić information content (AvgIpc) is 2.72. The quantitative estimate of drug-likeness (QED) is 0.708. The van der Waals surface area contributed by atoms with Crippen LogP contribution in [-0.4, -0.2) is 27.3 Å². The number of carbonyl (C=O) groups excluding carboxylic acids is 1. The number of aromatic nitrogens is 2. The summed E-state index contributed by atoms with van der Waals surface area (Å²) in [4.78, 5) is 22.9. The Morgan fingerprint density at radius 1 is 1.00 bits per heavy atom. The highest BCUT2D eigenvalue weighted by atomic mass is 16.2. The van der Waals surface area contributed by atoms with Crippen molar-refractivity contribution in [2.75, 3.05) is 11.9 Å². The molecule has 3 aromatic rings. The normalized spacial score (nSPS) is 10.3. The number of hydrogen-bond donors (Lipinski definition) is 1. The maximum atomic E-state index is 12.8. The number of nitrogens with zero attached hydrogens (tertiary/aromatic N) is 3. The fourth-order valence-electron chi connectivity index (χ4n) is 2.66. The van der Waals surface area contributed by atoms with Gasteiger partial charge in [0.25, 0.3) is 5.91 Å². The van der Waals surface area contributed by atoms with E-state index in [4.69, 9.17) is 0 Å². The summed E-state index contributed by atoms with van der Waals surface area (Å²) in [6.45, 7) is 3.85. The lowest BCUT2D eigenvalue weighted by Gasteiger charge is -2.21. The highest BCUT2D eigenvalue weighted by Gasteiger charge is 2.16. The van der Waals surface area contributed by atoms with Crippen LogP contribution in [0, 0.1) is 0 Å². The number of pyridine rings is 2. The Morgan fingerprint density at radius 3 is 2.50 bits per heavy atom. The van der Waals surface area contributed by atoms with Crippen LogP contribution in [0.25, 0.3) is 0 Å². The van der Waals surface area contributed by atoms with E-state index in [2.05, 4.69) is 15.3 Å². The van der Waals surface area contributed by atoms with Crippen molar-refractivity contribution < 1.29 is 4.79 Å². The van der Waals surface area contributed by atoms with Gasteiger partial charge >= 0.3 is 0 Å². The van der Waals surface area contributed by atoms with Crippen LogP contribution in [0.4, 0.5) is 5.69 Å². The molecular weight excluding hydrogens is 324 g/mol. The number of carbonyl (C=O) groups is 1. The molecule has 2 aromatic heterocycles. The van der Waals surface area contributed by atoms with Gasteiger partial charge in [0.1, 0.15) is 5.69 Å². The van der Waals surface area contributed by atoms with Crippen LogP contribution >= 0.6 is 0 Å². The zero-order chi connectivity index (χ0) is 18.2. The Morgan fingerprint density at radius 2 is 1.77 bits per heavy atom. The molecule has 0 saturated carbocycles. The van der Waals surface area contributed by atoms with Gasteiger partial charge in [0.15, 0.2) is 0 Å². The van der Waals surface area contributed by atoms with E-state index in [1.807, 2.05) is 55.5 Å². The fourth-order valence-corrected chi connectivity index (χ4v) is 2.66. The molecule has 5 heteroatoms. The van der Waals surface area contributed by atoms with Gasteiger partial charge in [0.2, 0.25) is 0 Å². The summed E-state index contributed by atoms with van der Waals surface area (Å²) in [6.07, 6.45) is 5.20. The zero-order valence-electron chi connectivity index (χ0n) is 14.8. The minimum atomic E-state index is -0.0658. The number of amides is 1. The van der Waals surface area contributed by atoms with Gasteiger partial charge in [-0.1, -0.05) is 30.3 Å². The second-order valence-electron chi connectivity index (χ2n) is 5.94. The monoisotopic (exact) mass is 346 g/mol. The molecule has 0 saturated heterocycles. The Bertz CT molecular complexity index is 837. The molecule has 132 valence electrons. The maximum absolute atomic E-state index is 12.8. The Kier molecular flexibility index (Phi) is 5.93. The summed E-state index contributed by atoms with van der Waals surface area (Å²) in [5.41, 5.74) is 3.55. The molecule has 1 amide bonds. The first-order valence-corrected chi connectivity index (χ1v) is 8.68. The van der Waals surface area contributed by atoms with Crippen LogP contribution in [-0.2, 0) is 13.1 Å². The van der Waals surface area contributed by atoms with E-state index in [-0.39, 0.29) is 5.91 Å². The Labute approximate surface area is 153 Å². The highest BCUT2D eigenvalue weighted by molar-refractivity contribution is 5.93. The molecule has 0 fully saturated rings. The fraction of sp³-hybridized carbons (Fsp3) is 0.190. The van der Waals surface area contributed by atoms with E-state index in [1.165, 1.54) is 0 Å². The second-order valence-corrected chi connectivity index (χ2v) is 5.94. The first-order valence-electron chi connectivity index (χ1n) is 8.68. The van der Waals surface area contributed by atoms with Gasteiger partial charge in [-0.25, -0.2) is 0 Å². The van der Waals surface area contributed by atoms with Crippen molar-refractivity contribution >= 4 is 11.6 Å². The Hall–Kier alpha value is -3.21. The van der Waals surface area contributed by atoms with Crippen molar-refractivity contribution in [3.63, 3.8) is 0 Å². The molecule has 0 bridgehead atoms. The molecule has 26 heavy (non-hydrogen) atoms. The maximum Gasteiger partial charge on any atom is 0.272 e. The largest absolute Gasteiger partial charge is 0.381 e. The lowest BCUT2D eigenvalue weighted by atomic mass is 10.2. The molecular formula is C21H22N4O. The van der Waals surface area contributed by atoms with Crippen LogP contribution in [0.5, 0.6) is 0 Å².